The molecule has 2 amide bonds. The van der Waals surface area contributed by atoms with Crippen molar-refractivity contribution in [3.8, 4) is 0 Å². The highest BCUT2D eigenvalue weighted by molar-refractivity contribution is 5.95. The predicted molar refractivity (Wildman–Crippen MR) is 95.3 cm³/mol. The number of benzene rings is 2. The highest BCUT2D eigenvalue weighted by atomic mass is 16.5. The van der Waals surface area contributed by atoms with Crippen LogP contribution < -0.4 is 5.32 Å². The first-order valence-corrected chi connectivity index (χ1v) is 8.37. The number of piperazine rings is 1. The van der Waals surface area contributed by atoms with Crippen LogP contribution in [-0.4, -0.2) is 42.4 Å². The van der Waals surface area contributed by atoms with E-state index in [2.05, 4.69) is 10.1 Å². The average Bonchev–Trinajstić information content (AvgIpc) is 2.68. The smallest absolute Gasteiger partial charge is 0.337 e. The molecule has 0 radical (unpaired) electrons. The molecule has 0 spiro atoms. The van der Waals surface area contributed by atoms with E-state index in [0.717, 1.165) is 11.1 Å². The van der Waals surface area contributed by atoms with Crippen molar-refractivity contribution in [2.75, 3.05) is 13.7 Å². The number of carbonyl (C=O) groups excluding carboxylic acids is 3. The fourth-order valence-electron chi connectivity index (χ4n) is 3.00. The van der Waals surface area contributed by atoms with Gasteiger partial charge in [-0.05, 0) is 23.3 Å². The van der Waals surface area contributed by atoms with Crippen LogP contribution in [0.2, 0.25) is 0 Å². The number of ether oxygens (including phenoxy) is 1. The van der Waals surface area contributed by atoms with Crippen molar-refractivity contribution in [3.63, 3.8) is 0 Å². The summed E-state index contributed by atoms with van der Waals surface area (Å²) < 4.78 is 4.68. The summed E-state index contributed by atoms with van der Waals surface area (Å²) in [6.45, 7) is 0.315. The van der Waals surface area contributed by atoms with Gasteiger partial charge in [-0.1, -0.05) is 42.5 Å². The second-order valence-electron chi connectivity index (χ2n) is 6.13. The Hall–Kier alpha value is -3.15. The molecule has 1 saturated heterocycles. The average molecular weight is 352 g/mol. The number of rotatable bonds is 5. The van der Waals surface area contributed by atoms with Gasteiger partial charge in [-0.15, -0.1) is 0 Å². The molecule has 0 saturated carbocycles. The molecule has 1 atom stereocenters. The fraction of sp³-hybridized carbons (Fsp3) is 0.250. The Morgan fingerprint density at radius 3 is 2.42 bits per heavy atom. The molecule has 2 aromatic carbocycles. The number of nitrogens with zero attached hydrogens (tertiary/aromatic N) is 1. The molecule has 6 nitrogen and oxygen atoms in total. The van der Waals surface area contributed by atoms with Gasteiger partial charge in [0.2, 0.25) is 11.8 Å². The molecule has 26 heavy (non-hydrogen) atoms. The monoisotopic (exact) mass is 352 g/mol. The van der Waals surface area contributed by atoms with Gasteiger partial charge in [0.05, 0.1) is 19.2 Å². The molecule has 0 aliphatic carbocycles. The number of hydrogen-bond acceptors (Lipinski definition) is 4. The minimum Gasteiger partial charge on any atom is -0.465 e. The summed E-state index contributed by atoms with van der Waals surface area (Å²) in [5.74, 6) is -0.686. The van der Waals surface area contributed by atoms with E-state index in [1.54, 1.807) is 29.2 Å². The number of nitrogens with one attached hydrogen (secondary N) is 1. The largest absolute Gasteiger partial charge is 0.465 e. The van der Waals surface area contributed by atoms with Gasteiger partial charge in [0, 0.05) is 13.0 Å². The van der Waals surface area contributed by atoms with Crippen molar-refractivity contribution in [2.45, 2.75) is 19.0 Å². The summed E-state index contributed by atoms with van der Waals surface area (Å²) >= 11 is 0. The second kappa shape index (κ2) is 7.82. The van der Waals surface area contributed by atoms with E-state index < -0.39 is 12.0 Å². The molecule has 1 aliphatic rings. The lowest BCUT2D eigenvalue weighted by Gasteiger charge is -2.35. The summed E-state index contributed by atoms with van der Waals surface area (Å²) in [7, 11) is 1.33. The number of amides is 2. The number of hydrogen-bond donors (Lipinski definition) is 1. The molecule has 1 heterocycles. The molecule has 3 rings (SSSR count). The molecular formula is C20H20N2O4. The summed E-state index contributed by atoms with van der Waals surface area (Å²) in [6.07, 6.45) is 0.457. The second-order valence-corrected chi connectivity index (χ2v) is 6.13. The molecule has 1 aliphatic heterocycles. The predicted octanol–water partition coefficient (Wildman–Crippen LogP) is 1.54. The lowest BCUT2D eigenvalue weighted by Crippen LogP contribution is -2.58. The van der Waals surface area contributed by atoms with E-state index >= 15 is 0 Å². The van der Waals surface area contributed by atoms with Crippen molar-refractivity contribution in [1.82, 2.24) is 10.2 Å². The Morgan fingerprint density at radius 1 is 1.08 bits per heavy atom. The van der Waals surface area contributed by atoms with Crippen LogP contribution in [0.3, 0.4) is 0 Å². The summed E-state index contributed by atoms with van der Waals surface area (Å²) in [5.41, 5.74) is 2.28. The summed E-state index contributed by atoms with van der Waals surface area (Å²) in [4.78, 5) is 37.9. The van der Waals surface area contributed by atoms with Crippen molar-refractivity contribution < 1.29 is 19.1 Å². The zero-order valence-electron chi connectivity index (χ0n) is 14.5. The van der Waals surface area contributed by atoms with Crippen LogP contribution in [0.1, 0.15) is 21.5 Å². The first kappa shape index (κ1) is 17.7. The van der Waals surface area contributed by atoms with Gasteiger partial charge >= 0.3 is 5.97 Å². The van der Waals surface area contributed by atoms with Gasteiger partial charge in [-0.2, -0.15) is 0 Å². The zero-order chi connectivity index (χ0) is 18.5. The van der Waals surface area contributed by atoms with E-state index in [9.17, 15) is 14.4 Å². The Bertz CT molecular complexity index is 802. The maximum Gasteiger partial charge on any atom is 0.337 e. The fourth-order valence-corrected chi connectivity index (χ4v) is 3.00. The summed E-state index contributed by atoms with van der Waals surface area (Å²) in [6, 6.07) is 15.9. The Balaban J connectivity index is 1.79. The van der Waals surface area contributed by atoms with E-state index in [0.29, 0.717) is 18.5 Å². The summed E-state index contributed by atoms with van der Waals surface area (Å²) in [5, 5.41) is 2.66. The molecular weight excluding hydrogens is 332 g/mol. The van der Waals surface area contributed by atoms with Gasteiger partial charge in [-0.25, -0.2) is 4.79 Å². The van der Waals surface area contributed by atoms with Gasteiger partial charge in [0.1, 0.15) is 6.04 Å². The highest BCUT2D eigenvalue weighted by Crippen LogP contribution is 2.17. The maximum atomic E-state index is 12.4. The van der Waals surface area contributed by atoms with E-state index in [1.165, 1.54) is 7.11 Å². The lowest BCUT2D eigenvalue weighted by molar-refractivity contribution is -0.146. The number of methoxy groups -OCH3 is 1. The third kappa shape index (κ3) is 3.91. The minimum atomic E-state index is -0.557. The number of esters is 1. The van der Waals surface area contributed by atoms with Crippen LogP contribution in [0.15, 0.2) is 54.6 Å². The van der Waals surface area contributed by atoms with Crippen molar-refractivity contribution in [2.24, 2.45) is 0 Å². The van der Waals surface area contributed by atoms with Gasteiger partial charge in [0.25, 0.3) is 0 Å². The van der Waals surface area contributed by atoms with Crippen LogP contribution in [0.4, 0.5) is 0 Å². The molecule has 0 aromatic heterocycles. The van der Waals surface area contributed by atoms with E-state index in [1.807, 2.05) is 30.3 Å². The highest BCUT2D eigenvalue weighted by Gasteiger charge is 2.34. The topological polar surface area (TPSA) is 75.7 Å². The molecule has 1 unspecified atom stereocenters. The first-order valence-electron chi connectivity index (χ1n) is 8.37. The molecule has 0 bridgehead atoms. The third-order valence-electron chi connectivity index (χ3n) is 4.41. The van der Waals surface area contributed by atoms with Gasteiger partial charge in [-0.3, -0.25) is 9.59 Å². The Morgan fingerprint density at radius 2 is 1.77 bits per heavy atom. The third-order valence-corrected chi connectivity index (χ3v) is 4.41. The van der Waals surface area contributed by atoms with Crippen LogP contribution >= 0.6 is 0 Å². The molecule has 1 fully saturated rings. The minimum absolute atomic E-state index is 0.00433. The van der Waals surface area contributed by atoms with Gasteiger partial charge < -0.3 is 15.0 Å². The van der Waals surface area contributed by atoms with Crippen LogP contribution in [-0.2, 0) is 27.3 Å². The molecule has 134 valence electrons. The molecule has 2 aromatic rings. The van der Waals surface area contributed by atoms with Crippen LogP contribution in [0.25, 0.3) is 0 Å². The van der Waals surface area contributed by atoms with Gasteiger partial charge in [0.15, 0.2) is 0 Å². The van der Waals surface area contributed by atoms with E-state index in [-0.39, 0.29) is 18.4 Å². The standard InChI is InChI=1S/C20H20N2O4/c1-26-20(25)16-9-7-15(8-10-16)13-22-17(19(24)21-12-18(22)23)11-14-5-3-2-4-6-14/h2-10,17H,11-13H2,1H3,(H,21,24). The quantitative estimate of drug-likeness (QED) is 0.829. The van der Waals surface area contributed by atoms with E-state index in [4.69, 9.17) is 0 Å². The van der Waals surface area contributed by atoms with Crippen molar-refractivity contribution in [3.05, 3.63) is 71.3 Å². The zero-order valence-corrected chi connectivity index (χ0v) is 14.5. The van der Waals surface area contributed by atoms with Crippen molar-refractivity contribution >= 4 is 17.8 Å². The molecule has 6 heteroatoms. The van der Waals surface area contributed by atoms with Crippen LogP contribution in [0.5, 0.6) is 0 Å². The molecule has 1 N–H and O–H groups in total. The van der Waals surface area contributed by atoms with Crippen LogP contribution in [0, 0.1) is 0 Å². The van der Waals surface area contributed by atoms with Crippen molar-refractivity contribution in [1.29, 1.82) is 0 Å². The number of carbonyl (C=O) groups is 3. The Kier molecular flexibility index (Phi) is 5.31. The normalized spacial score (nSPS) is 17.0. The lowest BCUT2D eigenvalue weighted by atomic mass is 10.0. The SMILES string of the molecule is COC(=O)c1ccc(CN2C(=O)CNC(=O)C2Cc2ccccc2)cc1. The first-order chi connectivity index (χ1) is 12.6. The Labute approximate surface area is 151 Å². The maximum absolute atomic E-state index is 12.4.